The van der Waals surface area contributed by atoms with Crippen molar-refractivity contribution in [3.63, 3.8) is 0 Å². The number of benzene rings is 1. The average Bonchev–Trinajstić information content (AvgIpc) is 2.54. The summed E-state index contributed by atoms with van der Waals surface area (Å²) in [6, 6.07) is 9.68. The number of carbonyl (C=O) groups excluding carboxylic acids is 1. The Balaban J connectivity index is 1.96. The number of pyridine rings is 1. The number of urea groups is 1. The second kappa shape index (κ2) is 7.77. The Hall–Kier alpha value is -2.11. The van der Waals surface area contributed by atoms with Crippen LogP contribution in [0.15, 0.2) is 48.8 Å². The number of aliphatic hydroxyl groups excluding tert-OH is 1. The molecule has 0 saturated heterocycles. The Morgan fingerprint density at radius 2 is 1.77 bits per heavy atom. The highest BCUT2D eigenvalue weighted by Gasteiger charge is 2.15. The van der Waals surface area contributed by atoms with Gasteiger partial charge in [-0.3, -0.25) is 4.98 Å². The number of hydrogen-bond donors (Lipinski definition) is 3. The molecule has 5 nitrogen and oxygen atoms in total. The van der Waals surface area contributed by atoms with E-state index in [-0.39, 0.29) is 18.7 Å². The number of halogens is 1. The van der Waals surface area contributed by atoms with Gasteiger partial charge in [0.25, 0.3) is 0 Å². The third kappa shape index (κ3) is 4.44. The number of nitrogens with one attached hydrogen (secondary N) is 2. The van der Waals surface area contributed by atoms with Crippen molar-refractivity contribution in [2.45, 2.75) is 19.0 Å². The molecule has 0 bridgehead atoms. The average molecular weight is 320 g/mol. The molecule has 2 atom stereocenters. The van der Waals surface area contributed by atoms with Crippen LogP contribution in [-0.2, 0) is 0 Å². The molecule has 3 N–H and O–H groups in total. The molecule has 0 fully saturated rings. The number of carbonyl (C=O) groups is 1. The predicted molar refractivity (Wildman–Crippen MR) is 85.6 cm³/mol. The van der Waals surface area contributed by atoms with Crippen LogP contribution in [0.1, 0.15) is 30.1 Å². The first-order valence-electron chi connectivity index (χ1n) is 6.93. The Bertz CT molecular complexity index is 605. The minimum absolute atomic E-state index is 0.160. The van der Waals surface area contributed by atoms with E-state index in [0.29, 0.717) is 5.02 Å². The lowest BCUT2D eigenvalue weighted by molar-refractivity contribution is 0.214. The van der Waals surface area contributed by atoms with Gasteiger partial charge in [-0.2, -0.15) is 0 Å². The zero-order valence-electron chi connectivity index (χ0n) is 12.2. The van der Waals surface area contributed by atoms with Gasteiger partial charge < -0.3 is 15.7 Å². The fourth-order valence-corrected chi connectivity index (χ4v) is 2.19. The summed E-state index contributed by atoms with van der Waals surface area (Å²) in [5, 5.41) is 15.6. The molecule has 2 unspecified atom stereocenters. The first-order valence-corrected chi connectivity index (χ1v) is 7.31. The minimum Gasteiger partial charge on any atom is -0.394 e. The van der Waals surface area contributed by atoms with E-state index in [1.165, 1.54) is 0 Å². The van der Waals surface area contributed by atoms with E-state index >= 15 is 0 Å². The van der Waals surface area contributed by atoms with Crippen LogP contribution in [0.25, 0.3) is 0 Å². The summed E-state index contributed by atoms with van der Waals surface area (Å²) < 4.78 is 0. The second-order valence-electron chi connectivity index (χ2n) is 4.91. The van der Waals surface area contributed by atoms with Crippen LogP contribution < -0.4 is 10.6 Å². The number of aliphatic hydroxyl groups is 1. The number of nitrogens with zero attached hydrogens (tertiary/aromatic N) is 1. The van der Waals surface area contributed by atoms with Crippen LogP contribution in [0.4, 0.5) is 4.79 Å². The molecule has 6 heteroatoms. The van der Waals surface area contributed by atoms with E-state index in [1.54, 1.807) is 36.7 Å². The first kappa shape index (κ1) is 16.3. The normalized spacial score (nSPS) is 13.2. The van der Waals surface area contributed by atoms with Gasteiger partial charge in [0, 0.05) is 17.4 Å². The number of amides is 2. The monoisotopic (exact) mass is 319 g/mol. The van der Waals surface area contributed by atoms with Crippen LogP contribution in [0, 0.1) is 0 Å². The van der Waals surface area contributed by atoms with Crippen molar-refractivity contribution >= 4 is 17.6 Å². The van der Waals surface area contributed by atoms with Crippen LogP contribution in [0.3, 0.4) is 0 Å². The van der Waals surface area contributed by atoms with Crippen LogP contribution >= 0.6 is 11.6 Å². The van der Waals surface area contributed by atoms with Gasteiger partial charge in [0.15, 0.2) is 0 Å². The van der Waals surface area contributed by atoms with Crippen molar-refractivity contribution in [3.8, 4) is 0 Å². The molecular formula is C16H18ClN3O2. The minimum atomic E-state index is -0.484. The SMILES string of the molecule is CC(NC(=O)NC(CO)c1ccc(Cl)cc1)c1ccncc1. The lowest BCUT2D eigenvalue weighted by Gasteiger charge is -2.20. The van der Waals surface area contributed by atoms with E-state index in [0.717, 1.165) is 11.1 Å². The third-order valence-electron chi connectivity index (χ3n) is 3.31. The van der Waals surface area contributed by atoms with E-state index in [9.17, 15) is 9.90 Å². The van der Waals surface area contributed by atoms with Gasteiger partial charge in [-0.15, -0.1) is 0 Å². The lowest BCUT2D eigenvalue weighted by Crippen LogP contribution is -2.40. The zero-order valence-corrected chi connectivity index (χ0v) is 12.9. The van der Waals surface area contributed by atoms with Gasteiger partial charge in [0.05, 0.1) is 18.7 Å². The van der Waals surface area contributed by atoms with Gasteiger partial charge >= 0.3 is 6.03 Å². The van der Waals surface area contributed by atoms with Gasteiger partial charge in [0.2, 0.25) is 0 Å². The van der Waals surface area contributed by atoms with E-state index in [1.807, 2.05) is 19.1 Å². The van der Waals surface area contributed by atoms with Crippen molar-refractivity contribution in [3.05, 3.63) is 64.9 Å². The number of rotatable bonds is 5. The maximum Gasteiger partial charge on any atom is 0.315 e. The Morgan fingerprint density at radius 1 is 1.14 bits per heavy atom. The van der Waals surface area contributed by atoms with E-state index < -0.39 is 6.04 Å². The molecule has 0 spiro atoms. The van der Waals surface area contributed by atoms with Crippen molar-refractivity contribution in [1.29, 1.82) is 0 Å². The molecule has 0 aliphatic carbocycles. The quantitative estimate of drug-likeness (QED) is 0.793. The molecular weight excluding hydrogens is 302 g/mol. The smallest absolute Gasteiger partial charge is 0.315 e. The molecule has 2 amide bonds. The standard InChI is InChI=1S/C16H18ClN3O2/c1-11(12-6-8-18-9-7-12)19-16(22)20-15(10-21)13-2-4-14(17)5-3-13/h2-9,11,15,21H,10H2,1H3,(H2,19,20,22). The largest absolute Gasteiger partial charge is 0.394 e. The Morgan fingerprint density at radius 3 is 2.36 bits per heavy atom. The fourth-order valence-electron chi connectivity index (χ4n) is 2.06. The van der Waals surface area contributed by atoms with Crippen LogP contribution in [0.2, 0.25) is 5.02 Å². The maximum absolute atomic E-state index is 12.1. The first-order chi connectivity index (χ1) is 10.6. The van der Waals surface area contributed by atoms with E-state index in [2.05, 4.69) is 15.6 Å². The van der Waals surface area contributed by atoms with Gasteiger partial charge in [-0.1, -0.05) is 23.7 Å². The number of hydrogen-bond acceptors (Lipinski definition) is 3. The highest BCUT2D eigenvalue weighted by Crippen LogP contribution is 2.16. The fraction of sp³-hybridized carbons (Fsp3) is 0.250. The van der Waals surface area contributed by atoms with Crippen LogP contribution in [-0.4, -0.2) is 22.7 Å². The van der Waals surface area contributed by atoms with Crippen molar-refractivity contribution in [1.82, 2.24) is 15.6 Å². The van der Waals surface area contributed by atoms with Crippen molar-refractivity contribution < 1.29 is 9.90 Å². The molecule has 1 aromatic carbocycles. The molecule has 116 valence electrons. The second-order valence-corrected chi connectivity index (χ2v) is 5.34. The third-order valence-corrected chi connectivity index (χ3v) is 3.57. The summed E-state index contributed by atoms with van der Waals surface area (Å²) in [5.74, 6) is 0. The lowest BCUT2D eigenvalue weighted by atomic mass is 10.1. The molecule has 0 radical (unpaired) electrons. The Kier molecular flexibility index (Phi) is 5.75. The molecule has 2 rings (SSSR count). The zero-order chi connectivity index (χ0) is 15.9. The summed E-state index contributed by atoms with van der Waals surface area (Å²) in [6.07, 6.45) is 3.35. The maximum atomic E-state index is 12.1. The molecule has 2 aromatic rings. The van der Waals surface area contributed by atoms with Crippen LogP contribution in [0.5, 0.6) is 0 Å². The van der Waals surface area contributed by atoms with Crippen molar-refractivity contribution in [2.75, 3.05) is 6.61 Å². The summed E-state index contributed by atoms with van der Waals surface area (Å²) in [6.45, 7) is 1.68. The topological polar surface area (TPSA) is 74.2 Å². The number of aromatic nitrogens is 1. The summed E-state index contributed by atoms with van der Waals surface area (Å²) in [5.41, 5.74) is 1.75. The highest BCUT2D eigenvalue weighted by molar-refractivity contribution is 6.30. The Labute approximate surface area is 134 Å². The summed E-state index contributed by atoms with van der Waals surface area (Å²) in [4.78, 5) is 16.0. The van der Waals surface area contributed by atoms with Gasteiger partial charge in [-0.25, -0.2) is 4.79 Å². The molecule has 1 aromatic heterocycles. The summed E-state index contributed by atoms with van der Waals surface area (Å²) in [7, 11) is 0. The predicted octanol–water partition coefficient (Wildman–Crippen LogP) is 2.83. The summed E-state index contributed by atoms with van der Waals surface area (Å²) >= 11 is 5.83. The molecule has 0 aliphatic rings. The molecule has 0 aliphatic heterocycles. The van der Waals surface area contributed by atoms with Crippen molar-refractivity contribution in [2.24, 2.45) is 0 Å². The van der Waals surface area contributed by atoms with Gasteiger partial charge in [-0.05, 0) is 42.3 Å². The van der Waals surface area contributed by atoms with Gasteiger partial charge in [0.1, 0.15) is 0 Å². The van der Waals surface area contributed by atoms with E-state index in [4.69, 9.17) is 11.6 Å². The molecule has 0 saturated carbocycles. The molecule has 1 heterocycles. The molecule has 22 heavy (non-hydrogen) atoms. The highest BCUT2D eigenvalue weighted by atomic mass is 35.5.